The fourth-order valence-electron chi connectivity index (χ4n) is 4.24. The lowest BCUT2D eigenvalue weighted by Gasteiger charge is -2.35. The number of halogens is 1. The van der Waals surface area contributed by atoms with Crippen molar-refractivity contribution in [3.63, 3.8) is 0 Å². The monoisotopic (exact) mass is 502 g/mol. The number of nitrogens with zero attached hydrogens (tertiary/aromatic N) is 3. The van der Waals surface area contributed by atoms with Crippen molar-refractivity contribution in [3.8, 4) is 11.5 Å². The van der Waals surface area contributed by atoms with Crippen molar-refractivity contribution < 1.29 is 9.47 Å². The lowest BCUT2D eigenvalue weighted by Crippen LogP contribution is -2.47. The van der Waals surface area contributed by atoms with Gasteiger partial charge in [-0.1, -0.05) is 6.92 Å². The molecule has 1 atom stereocenters. The van der Waals surface area contributed by atoms with Crippen LogP contribution >= 0.6 is 24.0 Å². The van der Waals surface area contributed by atoms with Crippen molar-refractivity contribution in [1.29, 1.82) is 0 Å². The normalized spacial score (nSPS) is 20.2. The van der Waals surface area contributed by atoms with E-state index in [1.165, 1.54) is 37.1 Å². The molecule has 0 amide bonds. The van der Waals surface area contributed by atoms with Crippen molar-refractivity contribution in [2.24, 2.45) is 10.9 Å². The van der Waals surface area contributed by atoms with Crippen LogP contribution in [-0.2, 0) is 13.0 Å². The third-order valence-corrected chi connectivity index (χ3v) is 5.83. The van der Waals surface area contributed by atoms with E-state index in [0.29, 0.717) is 5.92 Å². The zero-order valence-electron chi connectivity index (χ0n) is 17.7. The smallest absolute Gasteiger partial charge is 0.193 e. The van der Waals surface area contributed by atoms with Crippen LogP contribution in [-0.4, -0.2) is 69.8 Å². The van der Waals surface area contributed by atoms with Gasteiger partial charge in [-0.05, 0) is 61.5 Å². The zero-order chi connectivity index (χ0) is 19.2. The second kappa shape index (κ2) is 11.1. The quantitative estimate of drug-likeness (QED) is 0.381. The molecule has 1 aromatic carbocycles. The van der Waals surface area contributed by atoms with Gasteiger partial charge in [0.05, 0.1) is 14.2 Å². The maximum atomic E-state index is 5.48. The number of ether oxygens (including phenoxy) is 2. The molecule has 2 aliphatic heterocycles. The predicted molar refractivity (Wildman–Crippen MR) is 125 cm³/mol. The van der Waals surface area contributed by atoms with Gasteiger partial charge in [0.1, 0.15) is 0 Å². The standard InChI is InChI=1S/C21H34N4O2.HI/c1-5-24-9-6-7-16(14-24)13-23-21(22-2)25-10-8-17-11-19(26-3)20(27-4)12-18(17)15-25;/h11-12,16H,5-10,13-15H2,1-4H3,(H,22,23);1H. The van der Waals surface area contributed by atoms with Gasteiger partial charge in [0.15, 0.2) is 17.5 Å². The number of rotatable bonds is 5. The van der Waals surface area contributed by atoms with Gasteiger partial charge in [-0.3, -0.25) is 4.99 Å². The summed E-state index contributed by atoms with van der Waals surface area (Å²) in [6.07, 6.45) is 3.60. The molecule has 1 aromatic rings. The summed E-state index contributed by atoms with van der Waals surface area (Å²) in [7, 11) is 5.26. The fraction of sp³-hybridized carbons (Fsp3) is 0.667. The van der Waals surface area contributed by atoms with Crippen LogP contribution in [0.25, 0.3) is 0 Å². The molecule has 2 aliphatic rings. The summed E-state index contributed by atoms with van der Waals surface area (Å²) in [5.41, 5.74) is 2.63. The Morgan fingerprint density at radius 2 is 1.89 bits per heavy atom. The van der Waals surface area contributed by atoms with Crippen LogP contribution in [0, 0.1) is 5.92 Å². The number of methoxy groups -OCH3 is 2. The number of nitrogens with one attached hydrogen (secondary N) is 1. The average Bonchev–Trinajstić information content (AvgIpc) is 2.73. The highest BCUT2D eigenvalue weighted by atomic mass is 127. The Labute approximate surface area is 186 Å². The number of aliphatic imine (C=N–C) groups is 1. The molecular formula is C21H35IN4O2. The van der Waals surface area contributed by atoms with E-state index >= 15 is 0 Å². The summed E-state index contributed by atoms with van der Waals surface area (Å²) in [5, 5.41) is 3.63. The van der Waals surface area contributed by atoms with Gasteiger partial charge in [-0.15, -0.1) is 24.0 Å². The molecule has 1 fully saturated rings. The van der Waals surface area contributed by atoms with E-state index in [1.807, 2.05) is 7.05 Å². The molecule has 1 unspecified atom stereocenters. The molecule has 28 heavy (non-hydrogen) atoms. The minimum Gasteiger partial charge on any atom is -0.493 e. The van der Waals surface area contributed by atoms with E-state index in [2.05, 4.69) is 39.2 Å². The summed E-state index contributed by atoms with van der Waals surface area (Å²) in [6.45, 7) is 8.66. The highest BCUT2D eigenvalue weighted by Gasteiger charge is 2.23. The molecule has 0 radical (unpaired) electrons. The van der Waals surface area contributed by atoms with Crippen LogP contribution in [0.5, 0.6) is 11.5 Å². The first kappa shape index (κ1) is 23.1. The Hall–Kier alpha value is -1.22. The Bertz CT molecular complexity index is 668. The first-order chi connectivity index (χ1) is 13.2. The summed E-state index contributed by atoms with van der Waals surface area (Å²) in [4.78, 5) is 9.44. The van der Waals surface area contributed by atoms with Gasteiger partial charge in [-0.25, -0.2) is 0 Å². The zero-order valence-corrected chi connectivity index (χ0v) is 20.0. The van der Waals surface area contributed by atoms with Gasteiger partial charge in [-0.2, -0.15) is 0 Å². The molecule has 1 saturated heterocycles. The number of hydrogen-bond acceptors (Lipinski definition) is 4. The highest BCUT2D eigenvalue weighted by molar-refractivity contribution is 14.0. The Balaban J connectivity index is 0.00000280. The SMILES string of the molecule is CCN1CCCC(CNC(=NC)N2CCc3cc(OC)c(OC)cc3C2)C1.I. The molecule has 2 heterocycles. The Morgan fingerprint density at radius 3 is 2.54 bits per heavy atom. The number of benzene rings is 1. The van der Waals surface area contributed by atoms with Gasteiger partial charge in [0.25, 0.3) is 0 Å². The molecule has 0 spiro atoms. The van der Waals surface area contributed by atoms with Crippen LogP contribution in [0.1, 0.15) is 30.9 Å². The summed E-state index contributed by atoms with van der Waals surface area (Å²) >= 11 is 0. The first-order valence-electron chi connectivity index (χ1n) is 10.1. The van der Waals surface area contributed by atoms with Gasteiger partial charge in [0, 0.05) is 33.2 Å². The van der Waals surface area contributed by atoms with Crippen molar-refractivity contribution in [2.75, 3.05) is 54.0 Å². The maximum Gasteiger partial charge on any atom is 0.193 e. The number of fused-ring (bicyclic) bond motifs is 1. The van der Waals surface area contributed by atoms with Gasteiger partial charge < -0.3 is 24.6 Å². The Kier molecular flexibility index (Phi) is 9.14. The number of hydrogen-bond donors (Lipinski definition) is 1. The third kappa shape index (κ3) is 5.43. The molecule has 0 aliphatic carbocycles. The molecule has 158 valence electrons. The Morgan fingerprint density at radius 1 is 1.18 bits per heavy atom. The lowest BCUT2D eigenvalue weighted by molar-refractivity contribution is 0.182. The molecular weight excluding hydrogens is 467 g/mol. The second-order valence-corrected chi connectivity index (χ2v) is 7.48. The van der Waals surface area contributed by atoms with E-state index in [1.54, 1.807) is 14.2 Å². The average molecular weight is 502 g/mol. The summed E-state index contributed by atoms with van der Waals surface area (Å²) in [6, 6.07) is 4.22. The van der Waals surface area contributed by atoms with Gasteiger partial charge >= 0.3 is 0 Å². The van der Waals surface area contributed by atoms with E-state index in [-0.39, 0.29) is 24.0 Å². The minimum absolute atomic E-state index is 0. The third-order valence-electron chi connectivity index (χ3n) is 5.83. The topological polar surface area (TPSA) is 49.3 Å². The molecule has 0 aromatic heterocycles. The largest absolute Gasteiger partial charge is 0.493 e. The van der Waals surface area contributed by atoms with Gasteiger partial charge in [0.2, 0.25) is 0 Å². The van der Waals surface area contributed by atoms with Crippen LogP contribution in [0.3, 0.4) is 0 Å². The van der Waals surface area contributed by atoms with Crippen LogP contribution < -0.4 is 14.8 Å². The maximum absolute atomic E-state index is 5.48. The molecule has 7 heteroatoms. The lowest BCUT2D eigenvalue weighted by atomic mass is 9.98. The number of piperidine rings is 1. The number of likely N-dealkylation sites (tertiary alicyclic amines) is 1. The van der Waals surface area contributed by atoms with E-state index in [9.17, 15) is 0 Å². The van der Waals surface area contributed by atoms with Crippen molar-refractivity contribution in [3.05, 3.63) is 23.3 Å². The molecule has 3 rings (SSSR count). The second-order valence-electron chi connectivity index (χ2n) is 7.48. The van der Waals surface area contributed by atoms with Crippen LogP contribution in [0.2, 0.25) is 0 Å². The van der Waals surface area contributed by atoms with Crippen LogP contribution in [0.15, 0.2) is 17.1 Å². The van der Waals surface area contributed by atoms with Crippen molar-refractivity contribution in [1.82, 2.24) is 15.1 Å². The highest BCUT2D eigenvalue weighted by Crippen LogP contribution is 2.33. The first-order valence-corrected chi connectivity index (χ1v) is 10.1. The van der Waals surface area contributed by atoms with E-state index in [4.69, 9.17) is 9.47 Å². The molecule has 6 nitrogen and oxygen atoms in total. The predicted octanol–water partition coefficient (Wildman–Crippen LogP) is 2.99. The minimum atomic E-state index is 0. The van der Waals surface area contributed by atoms with Crippen molar-refractivity contribution in [2.45, 2.75) is 32.7 Å². The van der Waals surface area contributed by atoms with Crippen molar-refractivity contribution >= 4 is 29.9 Å². The fourth-order valence-corrected chi connectivity index (χ4v) is 4.24. The molecule has 1 N–H and O–H groups in total. The van der Waals surface area contributed by atoms with E-state index < -0.39 is 0 Å². The number of guanidine groups is 1. The summed E-state index contributed by atoms with van der Waals surface area (Å²) in [5.74, 6) is 3.31. The molecule has 0 saturated carbocycles. The van der Waals surface area contributed by atoms with Crippen LogP contribution in [0.4, 0.5) is 0 Å². The summed E-state index contributed by atoms with van der Waals surface area (Å²) < 4.78 is 10.9. The molecule has 0 bridgehead atoms. The van der Waals surface area contributed by atoms with E-state index in [0.717, 1.165) is 50.1 Å².